The van der Waals surface area contributed by atoms with Crippen LogP contribution in [0, 0.1) is 11.8 Å². The molecule has 0 spiro atoms. The number of guanidine groups is 1. The molecular weight excluding hydrogens is 198 g/mol. The van der Waals surface area contributed by atoms with E-state index in [0.29, 0.717) is 0 Å². The number of hydrogen-bond acceptors (Lipinski definition) is 1. The minimum atomic E-state index is 0.783. The largest absolute Gasteiger partial charge is 0.370 e. The van der Waals surface area contributed by atoms with E-state index in [-0.39, 0.29) is 0 Å². The number of fused-ring (bicyclic) bond motifs is 1. The van der Waals surface area contributed by atoms with Crippen LogP contribution in [-0.2, 0) is 0 Å². The fourth-order valence-electron chi connectivity index (χ4n) is 3.14. The minimum absolute atomic E-state index is 0.783. The second-order valence-electron chi connectivity index (χ2n) is 5.28. The third kappa shape index (κ3) is 2.69. The van der Waals surface area contributed by atoms with E-state index < -0.39 is 0 Å². The van der Waals surface area contributed by atoms with Crippen molar-refractivity contribution in [2.45, 2.75) is 45.4 Å². The van der Waals surface area contributed by atoms with Crippen molar-refractivity contribution in [2.75, 3.05) is 19.6 Å². The zero-order valence-corrected chi connectivity index (χ0v) is 10.5. The van der Waals surface area contributed by atoms with Gasteiger partial charge in [0.05, 0.1) is 0 Å². The molecule has 0 aromatic heterocycles. The van der Waals surface area contributed by atoms with Crippen molar-refractivity contribution < 1.29 is 0 Å². The molecule has 1 heterocycles. The molecule has 2 aliphatic rings. The Balaban J connectivity index is 1.89. The molecule has 1 aliphatic heterocycles. The summed E-state index contributed by atoms with van der Waals surface area (Å²) >= 11 is 0. The summed E-state index contributed by atoms with van der Waals surface area (Å²) < 4.78 is 0. The molecule has 0 aromatic carbocycles. The molecule has 0 aromatic rings. The van der Waals surface area contributed by atoms with Crippen molar-refractivity contribution in [2.24, 2.45) is 22.6 Å². The molecule has 2 rings (SSSR count). The van der Waals surface area contributed by atoms with Crippen molar-refractivity contribution in [3.63, 3.8) is 0 Å². The van der Waals surface area contributed by atoms with Gasteiger partial charge >= 0.3 is 0 Å². The van der Waals surface area contributed by atoms with Crippen LogP contribution in [0.3, 0.4) is 0 Å². The maximum atomic E-state index is 6.03. The predicted molar refractivity (Wildman–Crippen MR) is 68.4 cm³/mol. The molecule has 3 heteroatoms. The van der Waals surface area contributed by atoms with Gasteiger partial charge in [-0.1, -0.05) is 26.2 Å². The average molecular weight is 223 g/mol. The van der Waals surface area contributed by atoms with Crippen LogP contribution in [0.25, 0.3) is 0 Å². The van der Waals surface area contributed by atoms with Crippen LogP contribution in [-0.4, -0.2) is 30.5 Å². The maximum Gasteiger partial charge on any atom is 0.191 e. The highest BCUT2D eigenvalue weighted by Crippen LogP contribution is 2.35. The van der Waals surface area contributed by atoms with Crippen LogP contribution in [0.2, 0.25) is 0 Å². The first-order valence-electron chi connectivity index (χ1n) is 6.86. The van der Waals surface area contributed by atoms with Gasteiger partial charge in [-0.3, -0.25) is 4.99 Å². The highest BCUT2D eigenvalue weighted by Gasteiger charge is 2.31. The molecule has 0 bridgehead atoms. The molecule has 0 amide bonds. The number of piperidine rings is 1. The van der Waals surface area contributed by atoms with Gasteiger partial charge < -0.3 is 10.6 Å². The number of rotatable bonds is 2. The first-order valence-corrected chi connectivity index (χ1v) is 6.86. The van der Waals surface area contributed by atoms with E-state index in [1.54, 1.807) is 0 Å². The number of nitrogens with two attached hydrogens (primary N) is 1. The summed E-state index contributed by atoms with van der Waals surface area (Å²) in [7, 11) is 0. The predicted octanol–water partition coefficient (Wildman–Crippen LogP) is 2.22. The summed E-state index contributed by atoms with van der Waals surface area (Å²) in [5.74, 6) is 2.65. The Labute approximate surface area is 99.1 Å². The molecule has 3 nitrogen and oxygen atoms in total. The lowest BCUT2D eigenvalue weighted by Gasteiger charge is -2.41. The summed E-state index contributed by atoms with van der Waals surface area (Å²) in [5, 5.41) is 0. The van der Waals surface area contributed by atoms with Crippen molar-refractivity contribution in [1.29, 1.82) is 0 Å². The summed E-state index contributed by atoms with van der Waals surface area (Å²) in [5.41, 5.74) is 6.03. The average Bonchev–Trinajstić information content (AvgIpc) is 2.35. The molecule has 2 unspecified atom stereocenters. The number of likely N-dealkylation sites (tertiary alicyclic amines) is 1. The van der Waals surface area contributed by atoms with Gasteiger partial charge in [-0.05, 0) is 31.1 Å². The highest BCUT2D eigenvalue weighted by molar-refractivity contribution is 5.78. The molecule has 2 atom stereocenters. The molecule has 1 saturated carbocycles. The summed E-state index contributed by atoms with van der Waals surface area (Å²) in [4.78, 5) is 6.73. The fourth-order valence-corrected chi connectivity index (χ4v) is 3.14. The number of nitrogens with zero attached hydrogens (tertiary/aromatic N) is 2. The Bertz CT molecular complexity index is 250. The van der Waals surface area contributed by atoms with E-state index in [9.17, 15) is 0 Å². The fraction of sp³-hybridized carbons (Fsp3) is 0.923. The van der Waals surface area contributed by atoms with Crippen LogP contribution in [0.4, 0.5) is 0 Å². The van der Waals surface area contributed by atoms with Gasteiger partial charge in [0.15, 0.2) is 5.96 Å². The minimum Gasteiger partial charge on any atom is -0.370 e. The quantitative estimate of drug-likeness (QED) is 0.576. The molecule has 2 N–H and O–H groups in total. The second kappa shape index (κ2) is 5.55. The Hall–Kier alpha value is -0.730. The molecule has 92 valence electrons. The monoisotopic (exact) mass is 223 g/mol. The maximum absolute atomic E-state index is 6.03. The topological polar surface area (TPSA) is 41.6 Å². The Morgan fingerprint density at radius 3 is 2.75 bits per heavy atom. The lowest BCUT2D eigenvalue weighted by molar-refractivity contribution is 0.129. The van der Waals surface area contributed by atoms with Gasteiger partial charge in [0.2, 0.25) is 0 Å². The Kier molecular flexibility index (Phi) is 4.08. The van der Waals surface area contributed by atoms with E-state index in [1.165, 1.54) is 32.1 Å². The van der Waals surface area contributed by atoms with Crippen molar-refractivity contribution in [3.05, 3.63) is 0 Å². The molecule has 1 saturated heterocycles. The summed E-state index contributed by atoms with van der Waals surface area (Å²) in [6.07, 6.45) is 8.13. The third-order valence-electron chi connectivity index (χ3n) is 4.11. The van der Waals surface area contributed by atoms with Crippen molar-refractivity contribution in [1.82, 2.24) is 4.90 Å². The van der Waals surface area contributed by atoms with Gasteiger partial charge in [0, 0.05) is 19.6 Å². The van der Waals surface area contributed by atoms with Gasteiger partial charge in [0.1, 0.15) is 0 Å². The standard InChI is InChI=1S/C13H25N3/c1-2-8-15-13(14)16-9-7-11-5-3-4-6-12(11)10-16/h11-12H,2-10H2,1H3,(H2,14,15). The van der Waals surface area contributed by atoms with E-state index in [2.05, 4.69) is 16.8 Å². The van der Waals surface area contributed by atoms with Crippen molar-refractivity contribution in [3.8, 4) is 0 Å². The van der Waals surface area contributed by atoms with E-state index in [0.717, 1.165) is 43.9 Å². The van der Waals surface area contributed by atoms with Crippen LogP contribution >= 0.6 is 0 Å². The van der Waals surface area contributed by atoms with Gasteiger partial charge in [-0.15, -0.1) is 0 Å². The zero-order valence-electron chi connectivity index (χ0n) is 10.5. The highest BCUT2D eigenvalue weighted by atomic mass is 15.3. The van der Waals surface area contributed by atoms with E-state index in [1.807, 2.05) is 0 Å². The molecule has 0 radical (unpaired) electrons. The Morgan fingerprint density at radius 2 is 2.00 bits per heavy atom. The zero-order chi connectivity index (χ0) is 11.4. The second-order valence-corrected chi connectivity index (χ2v) is 5.28. The smallest absolute Gasteiger partial charge is 0.191 e. The van der Waals surface area contributed by atoms with Gasteiger partial charge in [0.25, 0.3) is 0 Å². The normalized spacial score (nSPS) is 31.3. The first-order chi connectivity index (χ1) is 7.81. The summed E-state index contributed by atoms with van der Waals surface area (Å²) in [6.45, 7) is 5.30. The lowest BCUT2D eigenvalue weighted by Crippen LogP contribution is -2.47. The van der Waals surface area contributed by atoms with Crippen LogP contribution in [0.15, 0.2) is 4.99 Å². The van der Waals surface area contributed by atoms with Crippen LogP contribution < -0.4 is 5.73 Å². The van der Waals surface area contributed by atoms with Crippen LogP contribution in [0.5, 0.6) is 0 Å². The van der Waals surface area contributed by atoms with Crippen LogP contribution in [0.1, 0.15) is 45.4 Å². The number of aliphatic imine (C=N–C) groups is 1. The SMILES string of the molecule is CCCN=C(N)N1CCC2CCCCC2C1. The molecule has 1 aliphatic carbocycles. The van der Waals surface area contributed by atoms with E-state index >= 15 is 0 Å². The molecular formula is C13H25N3. The van der Waals surface area contributed by atoms with E-state index in [4.69, 9.17) is 5.73 Å². The molecule has 16 heavy (non-hydrogen) atoms. The van der Waals surface area contributed by atoms with Gasteiger partial charge in [-0.2, -0.15) is 0 Å². The van der Waals surface area contributed by atoms with Crippen molar-refractivity contribution >= 4 is 5.96 Å². The number of hydrogen-bond donors (Lipinski definition) is 1. The van der Waals surface area contributed by atoms with Gasteiger partial charge in [-0.25, -0.2) is 0 Å². The third-order valence-corrected chi connectivity index (χ3v) is 4.11. The molecule has 2 fully saturated rings. The summed E-state index contributed by atoms with van der Waals surface area (Å²) in [6, 6.07) is 0. The first kappa shape index (κ1) is 11.7. The lowest BCUT2D eigenvalue weighted by atomic mass is 9.75. The Morgan fingerprint density at radius 1 is 1.25 bits per heavy atom.